The Hall–Kier alpha value is -2.71. The second-order valence-electron chi connectivity index (χ2n) is 3.76. The molecule has 2 aromatic heterocycles. The first-order valence-electron chi connectivity index (χ1n) is 5.58. The molecule has 9 heteroatoms. The van der Waals surface area contributed by atoms with Crippen LogP contribution in [-0.2, 0) is 17.8 Å². The Labute approximate surface area is 107 Å². The van der Waals surface area contributed by atoms with E-state index in [4.69, 9.17) is 0 Å². The Morgan fingerprint density at radius 2 is 2.42 bits per heavy atom. The topological polar surface area (TPSA) is 119 Å². The third kappa shape index (κ3) is 3.63. The zero-order chi connectivity index (χ0) is 13.7. The van der Waals surface area contributed by atoms with Gasteiger partial charge in [0.05, 0.1) is 17.4 Å². The van der Waals surface area contributed by atoms with Crippen LogP contribution in [0.5, 0.6) is 0 Å². The molecular weight excluding hydrogens is 252 g/mol. The number of nitrogens with one attached hydrogen (secondary N) is 2. The van der Waals surface area contributed by atoms with Crippen molar-refractivity contribution in [1.29, 1.82) is 0 Å². The van der Waals surface area contributed by atoms with Gasteiger partial charge in [-0.2, -0.15) is 4.68 Å². The monoisotopic (exact) mass is 264 g/mol. The SMILES string of the molecule is O=C(Cn1ccc([N+](=O)[O-])n1)NCCc1ncc[nH]1. The molecule has 1 amide bonds. The first-order chi connectivity index (χ1) is 9.15. The molecule has 9 nitrogen and oxygen atoms in total. The molecule has 0 saturated heterocycles. The molecule has 0 aliphatic carbocycles. The number of nitro groups is 1. The molecule has 2 N–H and O–H groups in total. The van der Waals surface area contributed by atoms with E-state index in [1.807, 2.05) is 0 Å². The van der Waals surface area contributed by atoms with Crippen LogP contribution in [0.4, 0.5) is 5.82 Å². The van der Waals surface area contributed by atoms with Crippen molar-refractivity contribution in [2.75, 3.05) is 6.54 Å². The number of amides is 1. The number of carbonyl (C=O) groups is 1. The van der Waals surface area contributed by atoms with Crippen molar-refractivity contribution < 1.29 is 9.72 Å². The Balaban J connectivity index is 1.75. The maximum atomic E-state index is 11.5. The number of aromatic amines is 1. The Kier molecular flexibility index (Phi) is 3.86. The fourth-order valence-corrected chi connectivity index (χ4v) is 1.49. The fraction of sp³-hybridized carbons (Fsp3) is 0.300. The van der Waals surface area contributed by atoms with E-state index >= 15 is 0 Å². The second-order valence-corrected chi connectivity index (χ2v) is 3.76. The maximum Gasteiger partial charge on any atom is 0.389 e. The summed E-state index contributed by atoms with van der Waals surface area (Å²) in [4.78, 5) is 28.3. The minimum atomic E-state index is -0.606. The number of carbonyl (C=O) groups excluding carboxylic acids is 1. The second kappa shape index (κ2) is 5.76. The molecule has 100 valence electrons. The Bertz CT molecular complexity index is 562. The molecule has 0 spiro atoms. The number of H-pyrrole nitrogens is 1. The average molecular weight is 264 g/mol. The van der Waals surface area contributed by atoms with Crippen LogP contribution >= 0.6 is 0 Å². The van der Waals surface area contributed by atoms with Gasteiger partial charge in [-0.05, 0) is 4.92 Å². The summed E-state index contributed by atoms with van der Waals surface area (Å²) in [5.41, 5.74) is 0. The lowest BCUT2D eigenvalue weighted by Crippen LogP contribution is -2.29. The molecular formula is C10H12N6O3. The van der Waals surface area contributed by atoms with Crippen LogP contribution in [0.2, 0.25) is 0 Å². The zero-order valence-electron chi connectivity index (χ0n) is 9.94. The predicted octanol–water partition coefficient (Wildman–Crippen LogP) is -0.127. The third-order valence-electron chi connectivity index (χ3n) is 2.36. The van der Waals surface area contributed by atoms with E-state index in [1.165, 1.54) is 16.9 Å². The van der Waals surface area contributed by atoms with Crippen molar-refractivity contribution >= 4 is 11.7 Å². The van der Waals surface area contributed by atoms with E-state index in [9.17, 15) is 14.9 Å². The van der Waals surface area contributed by atoms with Gasteiger partial charge in [-0.15, -0.1) is 0 Å². The van der Waals surface area contributed by atoms with Crippen molar-refractivity contribution in [3.63, 3.8) is 0 Å². The van der Waals surface area contributed by atoms with Crippen molar-refractivity contribution in [2.45, 2.75) is 13.0 Å². The highest BCUT2D eigenvalue weighted by molar-refractivity contribution is 5.75. The van der Waals surface area contributed by atoms with Crippen LogP contribution in [-0.4, -0.2) is 37.1 Å². The molecule has 2 rings (SSSR count). The van der Waals surface area contributed by atoms with E-state index in [0.717, 1.165) is 5.82 Å². The van der Waals surface area contributed by atoms with Crippen LogP contribution in [0.3, 0.4) is 0 Å². The summed E-state index contributed by atoms with van der Waals surface area (Å²) < 4.78 is 1.22. The molecule has 0 fully saturated rings. The number of aromatic nitrogens is 4. The minimum Gasteiger partial charge on any atom is -0.358 e. The number of hydrogen-bond donors (Lipinski definition) is 2. The minimum absolute atomic E-state index is 0.0496. The number of nitrogens with zero attached hydrogens (tertiary/aromatic N) is 4. The number of rotatable bonds is 6. The molecule has 0 aliphatic heterocycles. The summed E-state index contributed by atoms with van der Waals surface area (Å²) in [6.45, 7) is 0.391. The molecule has 0 aliphatic rings. The lowest BCUT2D eigenvalue weighted by Gasteiger charge is -2.02. The van der Waals surface area contributed by atoms with Crippen LogP contribution in [0.25, 0.3) is 0 Å². The number of imidazole rings is 1. The molecule has 0 atom stereocenters. The van der Waals surface area contributed by atoms with Crippen molar-refractivity contribution in [1.82, 2.24) is 25.1 Å². The maximum absolute atomic E-state index is 11.5. The highest BCUT2D eigenvalue weighted by Crippen LogP contribution is 2.04. The highest BCUT2D eigenvalue weighted by Gasteiger charge is 2.12. The van der Waals surface area contributed by atoms with Gasteiger partial charge >= 0.3 is 5.82 Å². The summed E-state index contributed by atoms with van der Waals surface area (Å²) in [5, 5.41) is 16.7. The summed E-state index contributed by atoms with van der Waals surface area (Å²) in [6.07, 6.45) is 5.34. The summed E-state index contributed by atoms with van der Waals surface area (Å²) in [5.74, 6) is 0.253. The van der Waals surface area contributed by atoms with Crippen LogP contribution in [0.1, 0.15) is 5.82 Å². The van der Waals surface area contributed by atoms with Gasteiger partial charge in [-0.1, -0.05) is 0 Å². The highest BCUT2D eigenvalue weighted by atomic mass is 16.6. The van der Waals surface area contributed by atoms with Crippen molar-refractivity contribution in [2.24, 2.45) is 0 Å². The van der Waals surface area contributed by atoms with Crippen molar-refractivity contribution in [3.05, 3.63) is 40.6 Å². The van der Waals surface area contributed by atoms with Gasteiger partial charge in [0.2, 0.25) is 5.91 Å². The molecule has 2 aromatic rings. The largest absolute Gasteiger partial charge is 0.389 e. The van der Waals surface area contributed by atoms with Crippen molar-refractivity contribution in [3.8, 4) is 0 Å². The normalized spacial score (nSPS) is 10.3. The molecule has 0 unspecified atom stereocenters. The Morgan fingerprint density at radius 3 is 3.05 bits per heavy atom. The van der Waals surface area contributed by atoms with Crippen LogP contribution < -0.4 is 5.32 Å². The van der Waals surface area contributed by atoms with Gasteiger partial charge in [0, 0.05) is 25.4 Å². The molecule has 19 heavy (non-hydrogen) atoms. The standard InChI is InChI=1S/C10H12N6O3/c17-10(13-3-1-8-11-4-5-12-8)7-15-6-2-9(14-15)16(18)19/h2,4-6H,1,3,7H2,(H,11,12)(H,13,17). The quantitative estimate of drug-likeness (QED) is 0.556. The van der Waals surface area contributed by atoms with E-state index in [-0.39, 0.29) is 18.3 Å². The lowest BCUT2D eigenvalue weighted by atomic mass is 10.4. The van der Waals surface area contributed by atoms with Gasteiger partial charge in [0.1, 0.15) is 12.4 Å². The smallest absolute Gasteiger partial charge is 0.358 e. The van der Waals surface area contributed by atoms with E-state index < -0.39 is 4.92 Å². The first kappa shape index (κ1) is 12.7. The Morgan fingerprint density at radius 1 is 1.58 bits per heavy atom. The third-order valence-corrected chi connectivity index (χ3v) is 2.36. The molecule has 0 bridgehead atoms. The zero-order valence-corrected chi connectivity index (χ0v) is 9.94. The molecule has 2 heterocycles. The molecule has 0 radical (unpaired) electrons. The lowest BCUT2D eigenvalue weighted by molar-refractivity contribution is -0.389. The van der Waals surface area contributed by atoms with E-state index in [0.29, 0.717) is 13.0 Å². The summed E-state index contributed by atoms with van der Waals surface area (Å²) in [6, 6.07) is 1.25. The average Bonchev–Trinajstić information content (AvgIpc) is 3.00. The van der Waals surface area contributed by atoms with E-state index in [1.54, 1.807) is 12.4 Å². The van der Waals surface area contributed by atoms with Crippen LogP contribution in [0.15, 0.2) is 24.7 Å². The van der Waals surface area contributed by atoms with Gasteiger partial charge in [0.25, 0.3) is 0 Å². The predicted molar refractivity (Wildman–Crippen MR) is 64.2 cm³/mol. The molecule has 0 aromatic carbocycles. The van der Waals surface area contributed by atoms with Crippen LogP contribution in [0, 0.1) is 10.1 Å². The van der Waals surface area contributed by atoms with Gasteiger partial charge in [-0.3, -0.25) is 4.79 Å². The number of hydrogen-bond acceptors (Lipinski definition) is 5. The van der Waals surface area contributed by atoms with Gasteiger partial charge in [0.15, 0.2) is 0 Å². The molecule has 0 saturated carbocycles. The van der Waals surface area contributed by atoms with E-state index in [2.05, 4.69) is 20.4 Å². The van der Waals surface area contributed by atoms with Gasteiger partial charge < -0.3 is 20.4 Å². The summed E-state index contributed by atoms with van der Waals surface area (Å²) in [7, 11) is 0. The first-order valence-corrected chi connectivity index (χ1v) is 5.58. The fourth-order valence-electron chi connectivity index (χ4n) is 1.49. The van der Waals surface area contributed by atoms with Gasteiger partial charge in [-0.25, -0.2) is 4.98 Å². The summed E-state index contributed by atoms with van der Waals surface area (Å²) >= 11 is 0.